The van der Waals surface area contributed by atoms with Gasteiger partial charge < -0.3 is 19.5 Å². The summed E-state index contributed by atoms with van der Waals surface area (Å²) in [6.07, 6.45) is -0.915. The number of esters is 1. The van der Waals surface area contributed by atoms with Crippen LogP contribution in [0.3, 0.4) is 0 Å². The summed E-state index contributed by atoms with van der Waals surface area (Å²) >= 11 is 6.03. The predicted octanol–water partition coefficient (Wildman–Crippen LogP) is 2.43. The average molecular weight is 330 g/mol. The molecule has 1 amide bonds. The third-order valence-electron chi connectivity index (χ3n) is 2.75. The molecule has 22 heavy (non-hydrogen) atoms. The Bertz CT molecular complexity index is 559. The molecule has 0 saturated carbocycles. The highest BCUT2D eigenvalue weighted by molar-refractivity contribution is 6.32. The number of carbonyl (C=O) groups excluding carboxylic acids is 2. The lowest BCUT2D eigenvalue weighted by Crippen LogP contribution is -2.39. The number of carbonyl (C=O) groups is 2. The highest BCUT2D eigenvalue weighted by Gasteiger charge is 2.21. The minimum atomic E-state index is -0.915. The molecule has 1 aromatic rings. The maximum atomic E-state index is 12.1. The average Bonchev–Trinajstić information content (AvgIpc) is 2.45. The summed E-state index contributed by atoms with van der Waals surface area (Å²) in [5.41, 5.74) is 0.173. The van der Waals surface area contributed by atoms with Gasteiger partial charge in [0, 0.05) is 6.04 Å². The molecule has 7 heteroatoms. The lowest BCUT2D eigenvalue weighted by molar-refractivity contribution is -0.129. The first-order chi connectivity index (χ1) is 10.3. The van der Waals surface area contributed by atoms with Crippen LogP contribution in [-0.4, -0.2) is 38.2 Å². The number of ether oxygens (including phenoxy) is 3. The fourth-order valence-electron chi connectivity index (χ4n) is 1.72. The molecule has 1 aromatic carbocycles. The molecule has 1 atom stereocenters. The minimum absolute atomic E-state index is 0.0378. The molecule has 0 spiro atoms. The molecule has 0 aliphatic carbocycles. The van der Waals surface area contributed by atoms with E-state index in [9.17, 15) is 9.59 Å². The van der Waals surface area contributed by atoms with Crippen LogP contribution in [0.25, 0.3) is 0 Å². The van der Waals surface area contributed by atoms with Crippen molar-refractivity contribution in [2.45, 2.75) is 32.9 Å². The SMILES string of the molecule is COc1cc(C(=O)O[C@H](C)C(=O)NC(C)C)cc(Cl)c1OC. The normalized spacial score (nSPS) is 11.8. The van der Waals surface area contributed by atoms with Gasteiger partial charge in [-0.25, -0.2) is 4.79 Å². The van der Waals surface area contributed by atoms with E-state index in [4.69, 9.17) is 25.8 Å². The van der Waals surface area contributed by atoms with Crippen LogP contribution in [0, 0.1) is 0 Å². The zero-order valence-electron chi connectivity index (χ0n) is 13.2. The molecule has 0 bridgehead atoms. The number of methoxy groups -OCH3 is 2. The van der Waals surface area contributed by atoms with Gasteiger partial charge in [0.15, 0.2) is 17.6 Å². The van der Waals surface area contributed by atoms with Crippen molar-refractivity contribution >= 4 is 23.5 Å². The van der Waals surface area contributed by atoms with E-state index in [1.54, 1.807) is 0 Å². The number of amides is 1. The number of hydrogen-bond acceptors (Lipinski definition) is 5. The summed E-state index contributed by atoms with van der Waals surface area (Å²) in [4.78, 5) is 23.9. The summed E-state index contributed by atoms with van der Waals surface area (Å²) in [6.45, 7) is 5.14. The standard InChI is InChI=1S/C15H20ClNO5/c1-8(2)17-14(18)9(3)22-15(19)10-6-11(16)13(21-5)12(7-10)20-4/h6-9H,1-5H3,(H,17,18)/t9-/m1/s1. The Balaban J connectivity index is 2.90. The first-order valence-corrected chi connectivity index (χ1v) is 7.10. The van der Waals surface area contributed by atoms with E-state index in [1.807, 2.05) is 13.8 Å². The fraction of sp³-hybridized carbons (Fsp3) is 0.467. The first kappa shape index (κ1) is 18.1. The van der Waals surface area contributed by atoms with Crippen molar-refractivity contribution in [2.75, 3.05) is 14.2 Å². The van der Waals surface area contributed by atoms with Gasteiger partial charge in [-0.3, -0.25) is 4.79 Å². The van der Waals surface area contributed by atoms with Gasteiger partial charge in [-0.15, -0.1) is 0 Å². The van der Waals surface area contributed by atoms with Gasteiger partial charge in [-0.05, 0) is 32.9 Å². The zero-order chi connectivity index (χ0) is 16.9. The first-order valence-electron chi connectivity index (χ1n) is 6.73. The van der Waals surface area contributed by atoms with Crippen molar-refractivity contribution in [3.05, 3.63) is 22.7 Å². The van der Waals surface area contributed by atoms with Crippen LogP contribution in [0.5, 0.6) is 11.5 Å². The van der Waals surface area contributed by atoms with Gasteiger partial charge in [-0.1, -0.05) is 11.6 Å². The van der Waals surface area contributed by atoms with E-state index in [-0.39, 0.29) is 22.5 Å². The van der Waals surface area contributed by atoms with Crippen molar-refractivity contribution in [3.8, 4) is 11.5 Å². The second kappa shape index (κ2) is 7.89. The molecule has 0 aromatic heterocycles. The molecule has 0 heterocycles. The molecule has 0 saturated heterocycles. The van der Waals surface area contributed by atoms with Crippen molar-refractivity contribution in [1.29, 1.82) is 0 Å². The number of nitrogens with one attached hydrogen (secondary N) is 1. The molecular weight excluding hydrogens is 310 g/mol. The monoisotopic (exact) mass is 329 g/mol. The number of hydrogen-bond donors (Lipinski definition) is 1. The lowest BCUT2D eigenvalue weighted by Gasteiger charge is -2.16. The van der Waals surface area contributed by atoms with Crippen LogP contribution in [0.1, 0.15) is 31.1 Å². The van der Waals surface area contributed by atoms with Crippen LogP contribution in [0.4, 0.5) is 0 Å². The molecule has 0 aliphatic heterocycles. The maximum absolute atomic E-state index is 12.1. The summed E-state index contributed by atoms with van der Waals surface area (Å²) in [7, 11) is 2.88. The van der Waals surface area contributed by atoms with Crippen LogP contribution in [-0.2, 0) is 9.53 Å². The van der Waals surface area contributed by atoms with Crippen LogP contribution in [0.15, 0.2) is 12.1 Å². The highest BCUT2D eigenvalue weighted by atomic mass is 35.5. The molecule has 0 fully saturated rings. The second-order valence-corrected chi connectivity index (χ2v) is 5.31. The van der Waals surface area contributed by atoms with Gasteiger partial charge >= 0.3 is 5.97 Å². The van der Waals surface area contributed by atoms with Crippen LogP contribution < -0.4 is 14.8 Å². The van der Waals surface area contributed by atoms with Crippen molar-refractivity contribution in [2.24, 2.45) is 0 Å². The van der Waals surface area contributed by atoms with Crippen molar-refractivity contribution < 1.29 is 23.8 Å². The Morgan fingerprint density at radius 3 is 2.27 bits per heavy atom. The largest absolute Gasteiger partial charge is 0.493 e. The molecule has 1 rings (SSSR count). The van der Waals surface area contributed by atoms with Gasteiger partial charge in [0.05, 0.1) is 24.8 Å². The summed E-state index contributed by atoms with van der Waals surface area (Å²) in [6, 6.07) is 2.81. The third-order valence-corrected chi connectivity index (χ3v) is 3.03. The highest BCUT2D eigenvalue weighted by Crippen LogP contribution is 2.36. The molecule has 1 N–H and O–H groups in total. The third kappa shape index (κ3) is 4.53. The smallest absolute Gasteiger partial charge is 0.339 e. The van der Waals surface area contributed by atoms with Crippen molar-refractivity contribution in [3.63, 3.8) is 0 Å². The van der Waals surface area contributed by atoms with Crippen LogP contribution in [0.2, 0.25) is 5.02 Å². The van der Waals surface area contributed by atoms with E-state index >= 15 is 0 Å². The van der Waals surface area contributed by atoms with Crippen molar-refractivity contribution in [1.82, 2.24) is 5.32 Å². The Kier molecular flexibility index (Phi) is 6.49. The molecule has 0 aliphatic rings. The lowest BCUT2D eigenvalue weighted by atomic mass is 10.2. The summed E-state index contributed by atoms with van der Waals surface area (Å²) in [5.74, 6) is -0.406. The van der Waals surface area contributed by atoms with E-state index in [0.29, 0.717) is 11.5 Å². The Labute approximate surface area is 134 Å². The molecule has 0 radical (unpaired) electrons. The molecular formula is C15H20ClNO5. The predicted molar refractivity (Wildman–Crippen MR) is 82.7 cm³/mol. The Hall–Kier alpha value is -1.95. The van der Waals surface area contributed by atoms with Crippen LogP contribution >= 0.6 is 11.6 Å². The summed E-state index contributed by atoms with van der Waals surface area (Å²) in [5, 5.41) is 2.88. The Morgan fingerprint density at radius 1 is 1.14 bits per heavy atom. The quantitative estimate of drug-likeness (QED) is 0.811. The molecule has 122 valence electrons. The van der Waals surface area contributed by atoms with Gasteiger partial charge in [0.2, 0.25) is 0 Å². The van der Waals surface area contributed by atoms with E-state index < -0.39 is 12.1 Å². The van der Waals surface area contributed by atoms with E-state index in [0.717, 1.165) is 0 Å². The van der Waals surface area contributed by atoms with E-state index in [2.05, 4.69) is 5.32 Å². The van der Waals surface area contributed by atoms with Gasteiger partial charge in [0.1, 0.15) is 0 Å². The number of rotatable bonds is 6. The van der Waals surface area contributed by atoms with E-state index in [1.165, 1.54) is 33.3 Å². The number of benzene rings is 1. The zero-order valence-corrected chi connectivity index (χ0v) is 14.0. The fourth-order valence-corrected chi connectivity index (χ4v) is 2.01. The number of halogens is 1. The topological polar surface area (TPSA) is 73.9 Å². The van der Waals surface area contributed by atoms with Gasteiger partial charge in [0.25, 0.3) is 5.91 Å². The minimum Gasteiger partial charge on any atom is -0.493 e. The maximum Gasteiger partial charge on any atom is 0.339 e. The second-order valence-electron chi connectivity index (χ2n) is 4.90. The van der Waals surface area contributed by atoms with Gasteiger partial charge in [-0.2, -0.15) is 0 Å². The molecule has 0 unspecified atom stereocenters. The molecule has 6 nitrogen and oxygen atoms in total. The summed E-state index contributed by atoms with van der Waals surface area (Å²) < 4.78 is 15.3. The Morgan fingerprint density at radius 2 is 1.77 bits per heavy atom.